The van der Waals surface area contributed by atoms with Crippen molar-refractivity contribution in [2.45, 2.75) is 32.7 Å². The fourth-order valence-electron chi connectivity index (χ4n) is 2.80. The molecule has 2 N–H and O–H groups in total. The predicted molar refractivity (Wildman–Crippen MR) is 87.6 cm³/mol. The molecule has 1 fully saturated rings. The zero-order valence-electron chi connectivity index (χ0n) is 13.6. The molecular weight excluding hydrogens is 278 g/mol. The Labute approximate surface area is 132 Å². The van der Waals surface area contributed by atoms with E-state index < -0.39 is 0 Å². The lowest BCUT2D eigenvalue weighted by atomic mass is 9.92. The first-order chi connectivity index (χ1) is 10.5. The van der Waals surface area contributed by atoms with Gasteiger partial charge in [0.2, 0.25) is 11.8 Å². The summed E-state index contributed by atoms with van der Waals surface area (Å²) >= 11 is 0. The number of nitrogens with one attached hydrogen (secondary N) is 2. The molecule has 22 heavy (non-hydrogen) atoms. The summed E-state index contributed by atoms with van der Waals surface area (Å²) in [5.41, 5.74) is 1.90. The molecule has 1 aromatic rings. The average molecular weight is 303 g/mol. The van der Waals surface area contributed by atoms with E-state index in [0.717, 1.165) is 30.6 Å². The number of likely N-dealkylation sites (N-methyl/N-ethyl adjacent to an activating group) is 1. The molecule has 0 aromatic heterocycles. The van der Waals surface area contributed by atoms with Gasteiger partial charge in [0, 0.05) is 24.7 Å². The fraction of sp³-hybridized carbons (Fsp3) is 0.529. The minimum atomic E-state index is -0.165. The maximum atomic E-state index is 12.4. The smallest absolute Gasteiger partial charge is 0.243 e. The Balaban J connectivity index is 1.85. The third-order valence-corrected chi connectivity index (χ3v) is 4.07. The number of hydrogen-bond donors (Lipinski definition) is 2. The van der Waals surface area contributed by atoms with E-state index in [2.05, 4.69) is 17.6 Å². The second-order valence-electron chi connectivity index (χ2n) is 6.18. The maximum absolute atomic E-state index is 12.4. The number of piperidine rings is 1. The third-order valence-electron chi connectivity index (χ3n) is 4.07. The lowest BCUT2D eigenvalue weighted by molar-refractivity contribution is -0.137. The summed E-state index contributed by atoms with van der Waals surface area (Å²) < 4.78 is 0. The first kappa shape index (κ1) is 16.5. The molecular formula is C17H25N3O2. The van der Waals surface area contributed by atoms with Crippen molar-refractivity contribution < 1.29 is 9.59 Å². The van der Waals surface area contributed by atoms with Crippen molar-refractivity contribution in [1.82, 2.24) is 10.2 Å². The van der Waals surface area contributed by atoms with Crippen LogP contribution in [-0.2, 0) is 9.59 Å². The maximum Gasteiger partial charge on any atom is 0.243 e. The molecule has 0 spiro atoms. The van der Waals surface area contributed by atoms with Crippen LogP contribution in [0.1, 0.15) is 25.3 Å². The van der Waals surface area contributed by atoms with Gasteiger partial charge in [-0.2, -0.15) is 0 Å². The highest BCUT2D eigenvalue weighted by molar-refractivity contribution is 5.94. The number of benzene rings is 1. The van der Waals surface area contributed by atoms with Crippen LogP contribution in [0, 0.1) is 12.8 Å². The SMILES string of the molecule is Cc1ccc(NC(=O)CN(C)C(=O)[C@H]2CCN[C@@H](C)C2)cc1. The normalized spacial score (nSPS) is 21.2. The summed E-state index contributed by atoms with van der Waals surface area (Å²) in [5.74, 6) is -0.0810. The first-order valence-corrected chi connectivity index (χ1v) is 7.80. The molecule has 2 amide bonds. The van der Waals surface area contributed by atoms with E-state index in [1.807, 2.05) is 31.2 Å². The van der Waals surface area contributed by atoms with Crippen LogP contribution >= 0.6 is 0 Å². The molecule has 1 saturated heterocycles. The zero-order chi connectivity index (χ0) is 16.1. The van der Waals surface area contributed by atoms with Gasteiger partial charge in [-0.25, -0.2) is 0 Å². The molecule has 2 rings (SSSR count). The first-order valence-electron chi connectivity index (χ1n) is 7.80. The monoisotopic (exact) mass is 303 g/mol. The van der Waals surface area contributed by atoms with Crippen LogP contribution in [0.5, 0.6) is 0 Å². The number of carbonyl (C=O) groups excluding carboxylic acids is 2. The molecule has 1 aliphatic heterocycles. The summed E-state index contributed by atoms with van der Waals surface area (Å²) in [5, 5.41) is 6.16. The molecule has 0 saturated carbocycles. The molecule has 2 atom stereocenters. The number of rotatable bonds is 4. The van der Waals surface area contributed by atoms with E-state index in [9.17, 15) is 9.59 Å². The van der Waals surface area contributed by atoms with E-state index in [-0.39, 0.29) is 24.3 Å². The van der Waals surface area contributed by atoms with Gasteiger partial charge in [0.1, 0.15) is 0 Å². The molecule has 5 heteroatoms. The van der Waals surface area contributed by atoms with Gasteiger partial charge in [0.15, 0.2) is 0 Å². The van der Waals surface area contributed by atoms with Crippen molar-refractivity contribution in [3.8, 4) is 0 Å². The van der Waals surface area contributed by atoms with Gasteiger partial charge in [-0.15, -0.1) is 0 Å². The van der Waals surface area contributed by atoms with Gasteiger partial charge in [-0.3, -0.25) is 9.59 Å². The molecule has 0 unspecified atom stereocenters. The van der Waals surface area contributed by atoms with Crippen molar-refractivity contribution in [2.75, 3.05) is 25.5 Å². The predicted octanol–water partition coefficient (Wildman–Crippen LogP) is 1.78. The Morgan fingerprint density at radius 1 is 1.32 bits per heavy atom. The summed E-state index contributed by atoms with van der Waals surface area (Å²) in [7, 11) is 1.70. The van der Waals surface area contributed by atoms with Crippen LogP contribution in [0.15, 0.2) is 24.3 Å². The van der Waals surface area contributed by atoms with Gasteiger partial charge in [0.05, 0.1) is 6.54 Å². The van der Waals surface area contributed by atoms with Crippen LogP contribution in [0.25, 0.3) is 0 Å². The van der Waals surface area contributed by atoms with Crippen LogP contribution in [0.4, 0.5) is 5.69 Å². The number of anilines is 1. The summed E-state index contributed by atoms with van der Waals surface area (Å²) in [6.07, 6.45) is 1.68. The largest absolute Gasteiger partial charge is 0.336 e. The van der Waals surface area contributed by atoms with E-state index in [4.69, 9.17) is 0 Å². The van der Waals surface area contributed by atoms with Gasteiger partial charge in [-0.1, -0.05) is 17.7 Å². The van der Waals surface area contributed by atoms with Crippen molar-refractivity contribution in [2.24, 2.45) is 5.92 Å². The van der Waals surface area contributed by atoms with Crippen LogP contribution in [0.2, 0.25) is 0 Å². The van der Waals surface area contributed by atoms with E-state index in [0.29, 0.717) is 6.04 Å². The molecule has 1 aliphatic rings. The van der Waals surface area contributed by atoms with E-state index in [1.165, 1.54) is 4.90 Å². The Bertz CT molecular complexity index is 527. The summed E-state index contributed by atoms with van der Waals surface area (Å²) in [4.78, 5) is 26.0. The Morgan fingerprint density at radius 3 is 2.64 bits per heavy atom. The van der Waals surface area contributed by atoms with E-state index >= 15 is 0 Å². The quantitative estimate of drug-likeness (QED) is 0.891. The highest BCUT2D eigenvalue weighted by Crippen LogP contribution is 2.18. The van der Waals surface area contributed by atoms with Crippen LogP contribution < -0.4 is 10.6 Å². The highest BCUT2D eigenvalue weighted by atomic mass is 16.2. The van der Waals surface area contributed by atoms with E-state index in [1.54, 1.807) is 7.05 Å². The van der Waals surface area contributed by atoms with Gasteiger partial charge in [0.25, 0.3) is 0 Å². The lowest BCUT2D eigenvalue weighted by Gasteiger charge is -2.30. The van der Waals surface area contributed by atoms with Crippen molar-refractivity contribution in [3.05, 3.63) is 29.8 Å². The fourth-order valence-corrected chi connectivity index (χ4v) is 2.80. The number of amides is 2. The van der Waals surface area contributed by atoms with Crippen molar-refractivity contribution in [3.63, 3.8) is 0 Å². The van der Waals surface area contributed by atoms with Gasteiger partial charge < -0.3 is 15.5 Å². The molecule has 1 heterocycles. The third kappa shape index (κ3) is 4.56. The van der Waals surface area contributed by atoms with Crippen LogP contribution in [-0.4, -0.2) is 42.9 Å². The highest BCUT2D eigenvalue weighted by Gasteiger charge is 2.27. The minimum Gasteiger partial charge on any atom is -0.336 e. The molecule has 0 aliphatic carbocycles. The zero-order valence-corrected chi connectivity index (χ0v) is 13.6. The number of aryl methyl sites for hydroxylation is 1. The second kappa shape index (κ2) is 7.40. The molecule has 0 radical (unpaired) electrons. The second-order valence-corrected chi connectivity index (χ2v) is 6.18. The molecule has 0 bridgehead atoms. The lowest BCUT2D eigenvalue weighted by Crippen LogP contribution is -2.44. The van der Waals surface area contributed by atoms with Crippen molar-refractivity contribution in [1.29, 1.82) is 0 Å². The summed E-state index contributed by atoms with van der Waals surface area (Å²) in [6, 6.07) is 7.98. The minimum absolute atomic E-state index is 0.0217. The molecule has 1 aromatic carbocycles. The number of hydrogen-bond acceptors (Lipinski definition) is 3. The van der Waals surface area contributed by atoms with Gasteiger partial charge in [-0.05, 0) is 45.4 Å². The number of nitrogens with zero attached hydrogens (tertiary/aromatic N) is 1. The molecule has 120 valence electrons. The Hall–Kier alpha value is -1.88. The average Bonchev–Trinajstić information content (AvgIpc) is 2.48. The standard InChI is InChI=1S/C17H25N3O2/c1-12-4-6-15(7-5-12)19-16(21)11-20(3)17(22)14-8-9-18-13(2)10-14/h4-7,13-14,18H,8-11H2,1-3H3,(H,19,21)/t13-,14-/m0/s1. The molecule has 5 nitrogen and oxygen atoms in total. The number of carbonyl (C=O) groups is 2. The topological polar surface area (TPSA) is 61.4 Å². The Morgan fingerprint density at radius 2 is 2.00 bits per heavy atom. The van der Waals surface area contributed by atoms with Crippen LogP contribution in [0.3, 0.4) is 0 Å². The summed E-state index contributed by atoms with van der Waals surface area (Å²) in [6.45, 7) is 5.04. The van der Waals surface area contributed by atoms with Gasteiger partial charge >= 0.3 is 0 Å². The van der Waals surface area contributed by atoms with Crippen molar-refractivity contribution >= 4 is 17.5 Å². The Kier molecular flexibility index (Phi) is 5.55.